The summed E-state index contributed by atoms with van der Waals surface area (Å²) in [5, 5.41) is 0.992. The molecule has 3 N–H and O–H groups in total. The summed E-state index contributed by atoms with van der Waals surface area (Å²) in [6.07, 6.45) is 1.89. The Morgan fingerprint density at radius 3 is 3.00 bits per heavy atom. The molecule has 2 aromatic rings. The third-order valence-electron chi connectivity index (χ3n) is 2.13. The Labute approximate surface area is 88.5 Å². The Kier molecular flexibility index (Phi) is 2.60. The highest BCUT2D eigenvalue weighted by atomic mass is 16.5. The lowest BCUT2D eigenvalue weighted by Gasteiger charge is -2.09. The molecule has 0 atom stereocenters. The molecule has 80 valence electrons. The first-order chi connectivity index (χ1) is 7.20. The molecule has 0 spiro atoms. The fourth-order valence-corrected chi connectivity index (χ4v) is 1.52. The third kappa shape index (κ3) is 1.94. The molecule has 0 aromatic carbocycles. The van der Waals surface area contributed by atoms with Crippen LogP contribution in [0.3, 0.4) is 0 Å². The molecule has 0 aliphatic carbocycles. The molecule has 0 fully saturated rings. The second-order valence-electron chi connectivity index (χ2n) is 3.74. The minimum Gasteiger partial charge on any atom is -0.490 e. The molecule has 0 aliphatic rings. The molecule has 2 aromatic heterocycles. The van der Waals surface area contributed by atoms with Gasteiger partial charge in [0, 0.05) is 18.4 Å². The number of nitrogens with zero attached hydrogens (tertiary/aromatic N) is 1. The lowest BCUT2D eigenvalue weighted by Crippen LogP contribution is -2.05. The van der Waals surface area contributed by atoms with Gasteiger partial charge in [-0.2, -0.15) is 0 Å². The van der Waals surface area contributed by atoms with Crippen LogP contribution in [0, 0.1) is 0 Å². The van der Waals surface area contributed by atoms with E-state index in [1.165, 1.54) is 0 Å². The van der Waals surface area contributed by atoms with E-state index in [2.05, 4.69) is 9.97 Å². The minimum atomic E-state index is 0.159. The van der Waals surface area contributed by atoms with Crippen molar-refractivity contribution < 1.29 is 4.74 Å². The molecule has 0 saturated heterocycles. The summed E-state index contributed by atoms with van der Waals surface area (Å²) in [5.74, 6) is 0.853. The first-order valence-corrected chi connectivity index (χ1v) is 5.04. The number of hydrogen-bond acceptors (Lipinski definition) is 3. The number of nitrogens with two attached hydrogens (primary N) is 1. The van der Waals surface area contributed by atoms with Gasteiger partial charge in [-0.25, -0.2) is 4.98 Å². The normalized spacial score (nSPS) is 11.2. The van der Waals surface area contributed by atoms with Crippen LogP contribution in [0.15, 0.2) is 18.3 Å². The Hall–Kier alpha value is -1.55. The van der Waals surface area contributed by atoms with E-state index in [1.807, 2.05) is 26.0 Å². The van der Waals surface area contributed by atoms with Crippen molar-refractivity contribution in [2.24, 2.45) is 5.73 Å². The summed E-state index contributed by atoms with van der Waals surface area (Å²) >= 11 is 0. The van der Waals surface area contributed by atoms with Gasteiger partial charge in [-0.05, 0) is 26.0 Å². The summed E-state index contributed by atoms with van der Waals surface area (Å²) < 4.78 is 5.68. The SMILES string of the molecule is CC(C)Oc1ccnc2[nH]c(CN)cc12. The van der Waals surface area contributed by atoms with E-state index in [4.69, 9.17) is 10.5 Å². The number of nitrogens with one attached hydrogen (secondary N) is 1. The molecule has 0 bridgehead atoms. The van der Waals surface area contributed by atoms with E-state index < -0.39 is 0 Å². The molecular weight excluding hydrogens is 190 g/mol. The van der Waals surface area contributed by atoms with Crippen LogP contribution < -0.4 is 10.5 Å². The van der Waals surface area contributed by atoms with Crippen LogP contribution in [0.25, 0.3) is 11.0 Å². The lowest BCUT2D eigenvalue weighted by molar-refractivity contribution is 0.245. The second kappa shape index (κ2) is 3.90. The van der Waals surface area contributed by atoms with E-state index in [-0.39, 0.29) is 6.10 Å². The molecule has 0 radical (unpaired) electrons. The zero-order valence-electron chi connectivity index (χ0n) is 8.95. The van der Waals surface area contributed by atoms with E-state index in [0.29, 0.717) is 6.54 Å². The van der Waals surface area contributed by atoms with Gasteiger partial charge in [-0.1, -0.05) is 0 Å². The molecule has 0 unspecified atom stereocenters. The van der Waals surface area contributed by atoms with E-state index in [0.717, 1.165) is 22.5 Å². The van der Waals surface area contributed by atoms with Crippen molar-refractivity contribution in [2.45, 2.75) is 26.5 Å². The summed E-state index contributed by atoms with van der Waals surface area (Å²) in [7, 11) is 0. The van der Waals surface area contributed by atoms with Gasteiger partial charge in [0.15, 0.2) is 0 Å². The van der Waals surface area contributed by atoms with Crippen LogP contribution in [0.1, 0.15) is 19.5 Å². The minimum absolute atomic E-state index is 0.159. The Morgan fingerprint density at radius 1 is 1.53 bits per heavy atom. The predicted molar refractivity (Wildman–Crippen MR) is 59.7 cm³/mol. The second-order valence-corrected chi connectivity index (χ2v) is 3.74. The zero-order valence-corrected chi connectivity index (χ0v) is 8.95. The maximum atomic E-state index is 5.68. The number of pyridine rings is 1. The number of hydrogen-bond donors (Lipinski definition) is 2. The topological polar surface area (TPSA) is 63.9 Å². The van der Waals surface area contributed by atoms with Crippen molar-refractivity contribution in [1.82, 2.24) is 9.97 Å². The maximum Gasteiger partial charge on any atom is 0.141 e. The standard InChI is InChI=1S/C11H15N3O/c1-7(2)15-10-3-4-13-11-9(10)5-8(6-12)14-11/h3-5,7H,6,12H2,1-2H3,(H,13,14). The molecule has 4 heteroatoms. The van der Waals surface area contributed by atoms with Crippen LogP contribution in [0.2, 0.25) is 0 Å². The smallest absolute Gasteiger partial charge is 0.141 e. The third-order valence-corrected chi connectivity index (χ3v) is 2.13. The van der Waals surface area contributed by atoms with E-state index >= 15 is 0 Å². The van der Waals surface area contributed by atoms with Crippen molar-refractivity contribution >= 4 is 11.0 Å². The zero-order chi connectivity index (χ0) is 10.8. The van der Waals surface area contributed by atoms with Gasteiger partial charge in [0.1, 0.15) is 11.4 Å². The highest BCUT2D eigenvalue weighted by molar-refractivity contribution is 5.83. The van der Waals surface area contributed by atoms with Crippen LogP contribution in [-0.2, 0) is 6.54 Å². The summed E-state index contributed by atoms with van der Waals surface area (Å²) in [6.45, 7) is 4.49. The van der Waals surface area contributed by atoms with E-state index in [1.54, 1.807) is 6.20 Å². The average Bonchev–Trinajstić information content (AvgIpc) is 2.61. The lowest BCUT2D eigenvalue weighted by atomic mass is 10.3. The van der Waals surface area contributed by atoms with Gasteiger partial charge in [0.2, 0.25) is 0 Å². The van der Waals surface area contributed by atoms with Gasteiger partial charge in [-0.15, -0.1) is 0 Å². The molecule has 0 aliphatic heterocycles. The van der Waals surface area contributed by atoms with Crippen molar-refractivity contribution in [3.8, 4) is 5.75 Å². The number of fused-ring (bicyclic) bond motifs is 1. The average molecular weight is 205 g/mol. The van der Waals surface area contributed by atoms with Crippen molar-refractivity contribution in [2.75, 3.05) is 0 Å². The maximum absolute atomic E-state index is 5.68. The molecule has 4 nitrogen and oxygen atoms in total. The van der Waals surface area contributed by atoms with Crippen LogP contribution in [0.5, 0.6) is 5.75 Å². The largest absolute Gasteiger partial charge is 0.490 e. The van der Waals surface area contributed by atoms with Gasteiger partial charge < -0.3 is 15.5 Å². The number of H-pyrrole nitrogens is 1. The van der Waals surface area contributed by atoms with Gasteiger partial charge in [0.05, 0.1) is 11.5 Å². The van der Waals surface area contributed by atoms with Crippen LogP contribution in [-0.4, -0.2) is 16.1 Å². The molecule has 15 heavy (non-hydrogen) atoms. The summed E-state index contributed by atoms with van der Waals surface area (Å²) in [5.41, 5.74) is 7.36. The molecule has 0 amide bonds. The monoisotopic (exact) mass is 205 g/mol. The first-order valence-electron chi connectivity index (χ1n) is 5.04. The van der Waals surface area contributed by atoms with Gasteiger partial charge in [-0.3, -0.25) is 0 Å². The Balaban J connectivity index is 2.49. The number of rotatable bonds is 3. The fourth-order valence-electron chi connectivity index (χ4n) is 1.52. The summed E-state index contributed by atoms with van der Waals surface area (Å²) in [6, 6.07) is 3.86. The first kappa shape index (κ1) is 9.98. The molecule has 0 saturated carbocycles. The molecule has 2 rings (SSSR count). The van der Waals surface area contributed by atoms with Gasteiger partial charge in [0.25, 0.3) is 0 Å². The van der Waals surface area contributed by atoms with Crippen molar-refractivity contribution in [3.63, 3.8) is 0 Å². The quantitative estimate of drug-likeness (QED) is 0.803. The van der Waals surface area contributed by atoms with Crippen LogP contribution in [0.4, 0.5) is 0 Å². The van der Waals surface area contributed by atoms with Gasteiger partial charge >= 0.3 is 0 Å². The number of ether oxygens (including phenoxy) is 1. The predicted octanol–water partition coefficient (Wildman–Crippen LogP) is 1.81. The Morgan fingerprint density at radius 2 is 2.33 bits per heavy atom. The van der Waals surface area contributed by atoms with Crippen molar-refractivity contribution in [1.29, 1.82) is 0 Å². The highest BCUT2D eigenvalue weighted by Gasteiger charge is 2.07. The highest BCUT2D eigenvalue weighted by Crippen LogP contribution is 2.25. The number of aromatic amines is 1. The number of aromatic nitrogens is 2. The fraction of sp³-hybridized carbons (Fsp3) is 0.364. The van der Waals surface area contributed by atoms with Crippen molar-refractivity contribution in [3.05, 3.63) is 24.0 Å². The molecule has 2 heterocycles. The summed E-state index contributed by atoms with van der Waals surface area (Å²) in [4.78, 5) is 7.37. The molecular formula is C11H15N3O. The van der Waals surface area contributed by atoms with E-state index in [9.17, 15) is 0 Å². The Bertz CT molecular complexity index is 462. The van der Waals surface area contributed by atoms with Crippen LogP contribution >= 0.6 is 0 Å².